The lowest BCUT2D eigenvalue weighted by Crippen LogP contribution is -2.45. The van der Waals surface area contributed by atoms with Crippen LogP contribution in [0.1, 0.15) is 30.9 Å². The predicted molar refractivity (Wildman–Crippen MR) is 92.3 cm³/mol. The molecule has 1 aliphatic rings. The van der Waals surface area contributed by atoms with Crippen LogP contribution < -0.4 is 4.74 Å². The van der Waals surface area contributed by atoms with Crippen LogP contribution in [-0.2, 0) is 14.3 Å². The molecule has 0 aromatic heterocycles. The van der Waals surface area contributed by atoms with Gasteiger partial charge < -0.3 is 14.4 Å². The number of ether oxygens (including phenoxy) is 2. The monoisotopic (exact) mass is 353 g/mol. The van der Waals surface area contributed by atoms with Crippen molar-refractivity contribution in [3.05, 3.63) is 28.3 Å². The molecule has 0 unspecified atom stereocenters. The first-order chi connectivity index (χ1) is 11.3. The summed E-state index contributed by atoms with van der Waals surface area (Å²) in [4.78, 5) is 25.8. The molecule has 0 N–H and O–H groups in total. The summed E-state index contributed by atoms with van der Waals surface area (Å²) in [7, 11) is 1.39. The van der Waals surface area contributed by atoms with Crippen LogP contribution in [0.2, 0.25) is 5.02 Å². The Morgan fingerprint density at radius 1 is 1.21 bits per heavy atom. The number of benzene rings is 1. The average Bonchev–Trinajstić information content (AvgIpc) is 2.58. The van der Waals surface area contributed by atoms with Gasteiger partial charge in [-0.05, 0) is 56.9 Å². The van der Waals surface area contributed by atoms with Crippen LogP contribution in [0.3, 0.4) is 0 Å². The molecular formula is C18H24ClNO4. The van der Waals surface area contributed by atoms with Crippen LogP contribution in [0.4, 0.5) is 0 Å². The van der Waals surface area contributed by atoms with Crippen molar-refractivity contribution in [3.8, 4) is 5.75 Å². The zero-order valence-corrected chi connectivity index (χ0v) is 15.4. The number of nitrogens with zero attached hydrogens (tertiary/aromatic N) is 1. The molecule has 0 radical (unpaired) electrons. The van der Waals surface area contributed by atoms with Gasteiger partial charge in [0.2, 0.25) is 0 Å². The Labute approximate surface area is 147 Å². The zero-order valence-electron chi connectivity index (χ0n) is 14.6. The summed E-state index contributed by atoms with van der Waals surface area (Å²) < 4.78 is 10.6. The number of hydrogen-bond acceptors (Lipinski definition) is 4. The fraction of sp³-hybridized carbons (Fsp3) is 0.556. The van der Waals surface area contributed by atoms with Gasteiger partial charge in [0.25, 0.3) is 5.91 Å². The number of rotatable bonds is 4. The van der Waals surface area contributed by atoms with Crippen molar-refractivity contribution in [1.29, 1.82) is 0 Å². The van der Waals surface area contributed by atoms with Gasteiger partial charge in [-0.25, -0.2) is 0 Å². The molecule has 6 heteroatoms. The van der Waals surface area contributed by atoms with Gasteiger partial charge in [-0.15, -0.1) is 0 Å². The van der Waals surface area contributed by atoms with Crippen LogP contribution in [0.25, 0.3) is 0 Å². The lowest BCUT2D eigenvalue weighted by Gasteiger charge is -2.32. The molecule has 1 heterocycles. The number of likely N-dealkylation sites (tertiary alicyclic amines) is 1. The molecule has 0 aliphatic carbocycles. The van der Waals surface area contributed by atoms with E-state index in [9.17, 15) is 9.59 Å². The minimum absolute atomic E-state index is 0.0661. The van der Waals surface area contributed by atoms with Gasteiger partial charge in [0, 0.05) is 18.1 Å². The number of carbonyl (C=O) groups excluding carboxylic acids is 2. The number of carbonyl (C=O) groups is 2. The van der Waals surface area contributed by atoms with Crippen LogP contribution in [-0.4, -0.2) is 43.1 Å². The van der Waals surface area contributed by atoms with E-state index < -0.39 is 6.10 Å². The lowest BCUT2D eigenvalue weighted by atomic mass is 9.97. The van der Waals surface area contributed by atoms with Gasteiger partial charge in [-0.3, -0.25) is 9.59 Å². The minimum atomic E-state index is -0.584. The third-order valence-electron chi connectivity index (χ3n) is 4.41. The maximum atomic E-state index is 12.5. The zero-order chi connectivity index (χ0) is 17.9. The highest BCUT2D eigenvalue weighted by atomic mass is 35.5. The van der Waals surface area contributed by atoms with E-state index in [2.05, 4.69) is 0 Å². The van der Waals surface area contributed by atoms with E-state index in [1.807, 2.05) is 26.0 Å². The van der Waals surface area contributed by atoms with Crippen molar-refractivity contribution >= 4 is 23.5 Å². The highest BCUT2D eigenvalue weighted by molar-refractivity contribution is 6.32. The van der Waals surface area contributed by atoms with Crippen molar-refractivity contribution in [3.63, 3.8) is 0 Å². The minimum Gasteiger partial charge on any atom is -0.481 e. The van der Waals surface area contributed by atoms with Crippen molar-refractivity contribution in [2.24, 2.45) is 5.92 Å². The summed E-state index contributed by atoms with van der Waals surface area (Å²) >= 11 is 6.15. The van der Waals surface area contributed by atoms with Gasteiger partial charge in [-0.1, -0.05) is 11.6 Å². The van der Waals surface area contributed by atoms with Crippen LogP contribution >= 0.6 is 11.6 Å². The first-order valence-corrected chi connectivity index (χ1v) is 8.51. The standard InChI is InChI=1S/C18H24ClNO4/c1-11-9-15(10-12(2)16(11)19)24-13(3)17(21)20-7-5-14(6-8-20)18(22)23-4/h9-10,13-14H,5-8H2,1-4H3/t13-/m1/s1. The van der Waals surface area contributed by atoms with Gasteiger partial charge in [0.1, 0.15) is 5.75 Å². The molecule has 132 valence electrons. The number of piperidine rings is 1. The summed E-state index contributed by atoms with van der Waals surface area (Å²) in [6.45, 7) is 6.66. The van der Waals surface area contributed by atoms with E-state index in [-0.39, 0.29) is 17.8 Å². The first kappa shape index (κ1) is 18.6. The Bertz CT molecular complexity index is 600. The Kier molecular flexibility index (Phi) is 6.10. The number of halogens is 1. The van der Waals surface area contributed by atoms with Crippen molar-refractivity contribution in [2.75, 3.05) is 20.2 Å². The second-order valence-electron chi connectivity index (χ2n) is 6.25. The molecule has 1 saturated heterocycles. The highest BCUT2D eigenvalue weighted by Gasteiger charge is 2.30. The second kappa shape index (κ2) is 7.88. The number of esters is 1. The maximum Gasteiger partial charge on any atom is 0.308 e. The molecular weight excluding hydrogens is 330 g/mol. The molecule has 1 amide bonds. The number of aryl methyl sites for hydroxylation is 2. The van der Waals surface area contributed by atoms with Crippen LogP contribution in [0, 0.1) is 19.8 Å². The quantitative estimate of drug-likeness (QED) is 0.780. The largest absolute Gasteiger partial charge is 0.481 e. The van der Waals surface area contributed by atoms with E-state index in [1.165, 1.54) is 7.11 Å². The topological polar surface area (TPSA) is 55.8 Å². The van der Waals surface area contributed by atoms with E-state index in [0.717, 1.165) is 11.1 Å². The molecule has 1 fully saturated rings. The third-order valence-corrected chi connectivity index (χ3v) is 5.01. The fourth-order valence-corrected chi connectivity index (χ4v) is 3.10. The Morgan fingerprint density at radius 3 is 2.25 bits per heavy atom. The number of methoxy groups -OCH3 is 1. The molecule has 1 atom stereocenters. The fourth-order valence-electron chi connectivity index (χ4n) is 2.99. The van der Waals surface area contributed by atoms with Gasteiger partial charge in [-0.2, -0.15) is 0 Å². The summed E-state index contributed by atoms with van der Waals surface area (Å²) in [6.07, 6.45) is 0.675. The molecule has 0 bridgehead atoms. The lowest BCUT2D eigenvalue weighted by molar-refractivity contribution is -0.150. The molecule has 1 aromatic rings. The highest BCUT2D eigenvalue weighted by Crippen LogP contribution is 2.27. The number of amides is 1. The normalized spacial score (nSPS) is 16.6. The SMILES string of the molecule is COC(=O)C1CCN(C(=O)[C@@H](C)Oc2cc(C)c(Cl)c(C)c2)CC1. The molecule has 24 heavy (non-hydrogen) atoms. The first-order valence-electron chi connectivity index (χ1n) is 8.13. The van der Waals surface area contributed by atoms with Crippen molar-refractivity contribution in [1.82, 2.24) is 4.90 Å². The van der Waals surface area contributed by atoms with E-state index in [1.54, 1.807) is 11.8 Å². The predicted octanol–water partition coefficient (Wildman–Crippen LogP) is 3.14. The van der Waals surface area contributed by atoms with Crippen LogP contribution in [0.15, 0.2) is 12.1 Å². The summed E-state index contributed by atoms with van der Waals surface area (Å²) in [5, 5.41) is 0.714. The average molecular weight is 354 g/mol. The molecule has 0 spiro atoms. The molecule has 1 aliphatic heterocycles. The molecule has 5 nitrogen and oxygen atoms in total. The van der Waals surface area contributed by atoms with Gasteiger partial charge >= 0.3 is 5.97 Å². The van der Waals surface area contributed by atoms with Gasteiger partial charge in [0.15, 0.2) is 6.10 Å². The van der Waals surface area contributed by atoms with E-state index >= 15 is 0 Å². The maximum absolute atomic E-state index is 12.5. The Hall–Kier alpha value is -1.75. The molecule has 0 saturated carbocycles. The number of hydrogen-bond donors (Lipinski definition) is 0. The van der Waals surface area contributed by atoms with Gasteiger partial charge in [0.05, 0.1) is 13.0 Å². The molecule has 2 rings (SSSR count). The van der Waals surface area contributed by atoms with Crippen LogP contribution in [0.5, 0.6) is 5.75 Å². The summed E-state index contributed by atoms with van der Waals surface area (Å²) in [6, 6.07) is 3.67. The smallest absolute Gasteiger partial charge is 0.308 e. The van der Waals surface area contributed by atoms with E-state index in [0.29, 0.717) is 36.7 Å². The third kappa shape index (κ3) is 4.20. The summed E-state index contributed by atoms with van der Waals surface area (Å²) in [5.41, 5.74) is 1.84. The Morgan fingerprint density at radius 2 is 1.75 bits per heavy atom. The Balaban J connectivity index is 1.95. The second-order valence-corrected chi connectivity index (χ2v) is 6.63. The van der Waals surface area contributed by atoms with Crippen molar-refractivity contribution in [2.45, 2.75) is 39.7 Å². The molecule has 1 aromatic carbocycles. The van der Waals surface area contributed by atoms with E-state index in [4.69, 9.17) is 21.1 Å². The summed E-state index contributed by atoms with van der Waals surface area (Å²) in [5.74, 6) is 0.263. The van der Waals surface area contributed by atoms with Crippen molar-refractivity contribution < 1.29 is 19.1 Å².